The quantitative estimate of drug-likeness (QED) is 0.545. The first kappa shape index (κ1) is 11.4. The second-order valence-electron chi connectivity index (χ2n) is 5.34. The van der Waals surface area contributed by atoms with Crippen molar-refractivity contribution in [1.29, 1.82) is 0 Å². The number of piperidine rings is 1. The van der Waals surface area contributed by atoms with Crippen LogP contribution in [0.15, 0.2) is 16.9 Å². The van der Waals surface area contributed by atoms with Crippen LogP contribution < -0.4 is 5.56 Å². The van der Waals surface area contributed by atoms with E-state index in [4.69, 9.17) is 0 Å². The lowest BCUT2D eigenvalue weighted by Gasteiger charge is -2.41. The van der Waals surface area contributed by atoms with Gasteiger partial charge in [-0.3, -0.25) is 14.9 Å². The normalized spacial score (nSPS) is 26.7. The van der Waals surface area contributed by atoms with Crippen molar-refractivity contribution in [2.75, 3.05) is 20.1 Å². The number of rotatable bonds is 1. The zero-order chi connectivity index (χ0) is 12.9. The summed E-state index contributed by atoms with van der Waals surface area (Å²) in [5.41, 5.74) is 0.192. The minimum absolute atomic E-state index is 0.313. The van der Waals surface area contributed by atoms with Gasteiger partial charge in [-0.25, -0.2) is 0 Å². The molecular weight excluding hydrogens is 234 g/mol. The third-order valence-electron chi connectivity index (χ3n) is 3.96. The number of hydrogen-bond donors (Lipinski definition) is 0. The average Bonchev–Trinajstić information content (AvgIpc) is 2.29. The minimum atomic E-state index is -0.591. The van der Waals surface area contributed by atoms with Gasteiger partial charge in [0.1, 0.15) is 0 Å². The molecule has 2 aliphatic heterocycles. The van der Waals surface area contributed by atoms with Crippen molar-refractivity contribution in [2.45, 2.75) is 18.9 Å². The molecule has 2 atom stereocenters. The molecule has 0 radical (unpaired) electrons. The summed E-state index contributed by atoms with van der Waals surface area (Å²) in [4.78, 5) is 24.5. The summed E-state index contributed by atoms with van der Waals surface area (Å²) >= 11 is 0. The van der Waals surface area contributed by atoms with E-state index in [9.17, 15) is 14.9 Å². The van der Waals surface area contributed by atoms with E-state index in [2.05, 4.69) is 11.9 Å². The third-order valence-corrected chi connectivity index (χ3v) is 3.96. The molecule has 0 N–H and O–H groups in total. The van der Waals surface area contributed by atoms with E-state index in [0.29, 0.717) is 18.4 Å². The summed E-state index contributed by atoms with van der Waals surface area (Å²) in [5.74, 6) is 0.761. The van der Waals surface area contributed by atoms with Gasteiger partial charge in [0.2, 0.25) is 0 Å². The molecule has 0 unspecified atom stereocenters. The second kappa shape index (κ2) is 3.91. The number of pyridine rings is 1. The molecule has 18 heavy (non-hydrogen) atoms. The van der Waals surface area contributed by atoms with Crippen LogP contribution in [0.3, 0.4) is 0 Å². The van der Waals surface area contributed by atoms with Crippen molar-refractivity contribution in [3.63, 3.8) is 0 Å². The van der Waals surface area contributed by atoms with Gasteiger partial charge in [0.05, 0.1) is 4.92 Å². The van der Waals surface area contributed by atoms with Crippen molar-refractivity contribution in [3.8, 4) is 0 Å². The maximum absolute atomic E-state index is 12.1. The highest BCUT2D eigenvalue weighted by Gasteiger charge is 2.34. The molecule has 1 aromatic rings. The molecule has 3 rings (SSSR count). The van der Waals surface area contributed by atoms with E-state index < -0.39 is 10.5 Å². The van der Waals surface area contributed by atoms with Gasteiger partial charge < -0.3 is 9.47 Å². The highest BCUT2D eigenvalue weighted by molar-refractivity contribution is 5.31. The van der Waals surface area contributed by atoms with E-state index in [0.717, 1.165) is 25.2 Å². The van der Waals surface area contributed by atoms with Crippen LogP contribution in [-0.2, 0) is 6.54 Å². The van der Waals surface area contributed by atoms with Gasteiger partial charge in [-0.05, 0) is 25.5 Å². The summed E-state index contributed by atoms with van der Waals surface area (Å²) in [5, 5.41) is 10.8. The maximum Gasteiger partial charge on any atom is 0.334 e. The number of hydrogen-bond acceptors (Lipinski definition) is 4. The topological polar surface area (TPSA) is 68.4 Å². The zero-order valence-corrected chi connectivity index (χ0v) is 10.2. The SMILES string of the molecule is CN1C[C@H]2C[C@@H](C1)c1ccc([N+](=O)[O-])c(=O)n1C2. The highest BCUT2D eigenvalue weighted by Crippen LogP contribution is 2.34. The number of nitro groups is 1. The molecule has 1 fully saturated rings. The first-order valence-corrected chi connectivity index (χ1v) is 6.13. The van der Waals surface area contributed by atoms with Crippen LogP contribution in [0, 0.1) is 16.0 Å². The van der Waals surface area contributed by atoms with E-state index in [1.54, 1.807) is 10.6 Å². The summed E-state index contributed by atoms with van der Waals surface area (Å²) < 4.78 is 1.62. The monoisotopic (exact) mass is 249 g/mol. The van der Waals surface area contributed by atoms with Crippen molar-refractivity contribution in [3.05, 3.63) is 38.3 Å². The standard InChI is InChI=1S/C12H15N3O3/c1-13-5-8-4-9(7-13)10-2-3-11(15(17)18)12(16)14(10)6-8/h2-3,8-9H,4-7H2,1H3/t8-,9+/m1/s1. The van der Waals surface area contributed by atoms with Gasteiger partial charge >= 0.3 is 11.2 Å². The first-order valence-electron chi connectivity index (χ1n) is 6.13. The van der Waals surface area contributed by atoms with E-state index in [-0.39, 0.29) is 5.69 Å². The van der Waals surface area contributed by atoms with Gasteiger partial charge in [-0.15, -0.1) is 0 Å². The Hall–Kier alpha value is -1.69. The Bertz CT molecular complexity index is 566. The highest BCUT2D eigenvalue weighted by atomic mass is 16.6. The van der Waals surface area contributed by atoms with E-state index >= 15 is 0 Å². The van der Waals surface area contributed by atoms with Gasteiger partial charge in [0.25, 0.3) is 0 Å². The number of likely N-dealkylation sites (N-methyl/N-ethyl adjacent to an activating group) is 1. The molecule has 1 aromatic heterocycles. The van der Waals surface area contributed by atoms with Crippen molar-refractivity contribution in [1.82, 2.24) is 9.47 Å². The Kier molecular flexibility index (Phi) is 2.48. The molecule has 0 saturated carbocycles. The lowest BCUT2D eigenvalue weighted by Crippen LogP contribution is -2.45. The van der Waals surface area contributed by atoms with E-state index in [1.165, 1.54) is 6.07 Å². The van der Waals surface area contributed by atoms with Gasteiger partial charge in [0, 0.05) is 37.3 Å². The summed E-state index contributed by atoms with van der Waals surface area (Å²) in [6.07, 6.45) is 1.08. The van der Waals surface area contributed by atoms with Crippen LogP contribution in [0.2, 0.25) is 0 Å². The Morgan fingerprint density at radius 3 is 2.83 bits per heavy atom. The number of likely N-dealkylation sites (tertiary alicyclic amines) is 1. The first-order chi connectivity index (χ1) is 8.56. The zero-order valence-electron chi connectivity index (χ0n) is 10.2. The fraction of sp³-hybridized carbons (Fsp3) is 0.583. The van der Waals surface area contributed by atoms with E-state index in [1.807, 2.05) is 0 Å². The van der Waals surface area contributed by atoms with Crippen LogP contribution >= 0.6 is 0 Å². The van der Waals surface area contributed by atoms with Gasteiger partial charge in [0.15, 0.2) is 0 Å². The molecule has 2 aliphatic rings. The number of nitrogens with zero attached hydrogens (tertiary/aromatic N) is 3. The third kappa shape index (κ3) is 1.64. The molecule has 0 aliphatic carbocycles. The lowest BCUT2D eigenvalue weighted by atomic mass is 9.83. The number of aromatic nitrogens is 1. The molecule has 0 aromatic carbocycles. The summed E-state index contributed by atoms with van der Waals surface area (Å²) in [6.45, 7) is 2.50. The predicted octanol–water partition coefficient (Wildman–Crippen LogP) is 0.805. The van der Waals surface area contributed by atoms with Gasteiger partial charge in [-0.2, -0.15) is 0 Å². The summed E-state index contributed by atoms with van der Waals surface area (Å²) in [7, 11) is 2.08. The van der Waals surface area contributed by atoms with Crippen LogP contribution in [0.1, 0.15) is 18.0 Å². The molecule has 6 nitrogen and oxygen atoms in total. The molecule has 2 bridgehead atoms. The van der Waals surface area contributed by atoms with Crippen LogP contribution in [0.25, 0.3) is 0 Å². The Morgan fingerprint density at radius 1 is 1.33 bits per heavy atom. The predicted molar refractivity (Wildman–Crippen MR) is 65.7 cm³/mol. The maximum atomic E-state index is 12.1. The molecule has 0 amide bonds. The van der Waals surface area contributed by atoms with Crippen molar-refractivity contribution < 1.29 is 4.92 Å². The fourth-order valence-electron chi connectivity index (χ4n) is 3.31. The van der Waals surface area contributed by atoms with Crippen molar-refractivity contribution in [2.24, 2.45) is 5.92 Å². The Balaban J connectivity index is 2.11. The van der Waals surface area contributed by atoms with Crippen molar-refractivity contribution >= 4 is 5.69 Å². The molecular formula is C12H15N3O3. The molecule has 1 saturated heterocycles. The number of fused-ring (bicyclic) bond motifs is 4. The molecule has 6 heteroatoms. The fourth-order valence-corrected chi connectivity index (χ4v) is 3.31. The Labute approximate surface area is 104 Å². The minimum Gasteiger partial charge on any atom is -0.306 e. The van der Waals surface area contributed by atoms with Crippen LogP contribution in [-0.4, -0.2) is 34.5 Å². The van der Waals surface area contributed by atoms with Crippen LogP contribution in [0.4, 0.5) is 5.69 Å². The van der Waals surface area contributed by atoms with Crippen LogP contribution in [0.5, 0.6) is 0 Å². The second-order valence-corrected chi connectivity index (χ2v) is 5.34. The molecule has 3 heterocycles. The Morgan fingerprint density at radius 2 is 2.11 bits per heavy atom. The van der Waals surface area contributed by atoms with Gasteiger partial charge in [-0.1, -0.05) is 0 Å². The lowest BCUT2D eigenvalue weighted by molar-refractivity contribution is -0.386. The summed E-state index contributed by atoms with van der Waals surface area (Å²) in [6, 6.07) is 3.10. The molecule has 96 valence electrons. The largest absolute Gasteiger partial charge is 0.334 e. The molecule has 0 spiro atoms. The smallest absolute Gasteiger partial charge is 0.306 e. The average molecular weight is 249 g/mol.